The molecule has 2 heterocycles. The molecule has 2 aromatic heterocycles. The number of nitrogens with one attached hydrogen (secondary N) is 1. The Morgan fingerprint density at radius 3 is 2.31 bits per heavy atom. The third-order valence-electron chi connectivity index (χ3n) is 4.34. The number of benzene rings is 1. The molecule has 152 valence electrons. The highest BCUT2D eigenvalue weighted by molar-refractivity contribution is 5.93. The fourth-order valence-electron chi connectivity index (χ4n) is 2.64. The van der Waals surface area contributed by atoms with Crippen LogP contribution in [0.15, 0.2) is 53.2 Å². The van der Waals surface area contributed by atoms with Gasteiger partial charge in [0.05, 0.1) is 12.1 Å². The molecular formula is C21H20F3N3O2. The summed E-state index contributed by atoms with van der Waals surface area (Å²) in [6.45, 7) is 6.44. The molecule has 5 nitrogen and oxygen atoms in total. The quantitative estimate of drug-likeness (QED) is 0.667. The summed E-state index contributed by atoms with van der Waals surface area (Å²) in [6.07, 6.45) is -3.66. The number of hydrogen-bond acceptors (Lipinski definition) is 4. The Labute approximate surface area is 165 Å². The van der Waals surface area contributed by atoms with Crippen LogP contribution in [-0.4, -0.2) is 16.0 Å². The summed E-state index contributed by atoms with van der Waals surface area (Å²) in [5, 5.41) is 6.58. The SMILES string of the molecule is CC(C)(C)c1ccc(-c2cc(CNC(=O)c3ccc(C(F)(F)F)nc3)on2)cc1. The summed E-state index contributed by atoms with van der Waals surface area (Å²) < 4.78 is 42.8. The number of pyridine rings is 1. The minimum absolute atomic E-state index is 0.0236. The van der Waals surface area contributed by atoms with E-state index in [2.05, 4.69) is 36.2 Å². The van der Waals surface area contributed by atoms with Crippen molar-refractivity contribution in [1.82, 2.24) is 15.5 Å². The number of rotatable bonds is 4. The molecule has 0 radical (unpaired) electrons. The van der Waals surface area contributed by atoms with Crippen LogP contribution in [0.1, 0.15) is 48.1 Å². The largest absolute Gasteiger partial charge is 0.433 e. The number of alkyl halides is 3. The van der Waals surface area contributed by atoms with Crippen molar-refractivity contribution in [3.63, 3.8) is 0 Å². The third-order valence-corrected chi connectivity index (χ3v) is 4.34. The second-order valence-corrected chi connectivity index (χ2v) is 7.62. The van der Waals surface area contributed by atoms with E-state index in [1.807, 2.05) is 24.3 Å². The Kier molecular flexibility index (Phi) is 5.46. The van der Waals surface area contributed by atoms with Gasteiger partial charge in [-0.3, -0.25) is 9.78 Å². The normalized spacial score (nSPS) is 12.1. The van der Waals surface area contributed by atoms with Crippen LogP contribution in [0.25, 0.3) is 11.3 Å². The highest BCUT2D eigenvalue weighted by Crippen LogP contribution is 2.27. The number of halogens is 3. The molecule has 0 fully saturated rings. The van der Waals surface area contributed by atoms with Gasteiger partial charge >= 0.3 is 6.18 Å². The van der Waals surface area contributed by atoms with Crippen LogP contribution < -0.4 is 5.32 Å². The van der Waals surface area contributed by atoms with Crippen LogP contribution in [0.4, 0.5) is 13.2 Å². The van der Waals surface area contributed by atoms with Gasteiger partial charge in [-0.15, -0.1) is 0 Å². The van der Waals surface area contributed by atoms with Crippen molar-refractivity contribution in [3.05, 3.63) is 71.2 Å². The number of nitrogens with zero attached hydrogens (tertiary/aromatic N) is 2. The van der Waals surface area contributed by atoms with E-state index in [1.54, 1.807) is 6.07 Å². The maximum absolute atomic E-state index is 12.5. The van der Waals surface area contributed by atoms with E-state index >= 15 is 0 Å². The van der Waals surface area contributed by atoms with Gasteiger partial charge in [-0.05, 0) is 23.1 Å². The maximum Gasteiger partial charge on any atom is 0.433 e. The van der Waals surface area contributed by atoms with Gasteiger partial charge in [0.25, 0.3) is 5.91 Å². The van der Waals surface area contributed by atoms with Crippen molar-refractivity contribution in [2.45, 2.75) is 38.9 Å². The molecule has 0 aliphatic rings. The lowest BCUT2D eigenvalue weighted by atomic mass is 9.86. The third kappa shape index (κ3) is 5.01. The van der Waals surface area contributed by atoms with Gasteiger partial charge in [0, 0.05) is 17.8 Å². The van der Waals surface area contributed by atoms with Crippen molar-refractivity contribution < 1.29 is 22.5 Å². The van der Waals surface area contributed by atoms with E-state index in [9.17, 15) is 18.0 Å². The van der Waals surface area contributed by atoms with Crippen molar-refractivity contribution in [3.8, 4) is 11.3 Å². The average Bonchev–Trinajstić information content (AvgIpc) is 3.14. The summed E-state index contributed by atoms with van der Waals surface area (Å²) in [5.74, 6) is -0.133. The Bertz CT molecular complexity index is 986. The second-order valence-electron chi connectivity index (χ2n) is 7.62. The molecule has 3 aromatic rings. The highest BCUT2D eigenvalue weighted by atomic mass is 19.4. The van der Waals surface area contributed by atoms with Crippen LogP contribution in [-0.2, 0) is 18.1 Å². The Hall–Kier alpha value is -3.16. The standard InChI is InChI=1S/C21H20F3N3O2/c1-20(2,3)15-7-4-13(5-8-15)17-10-16(29-27-17)12-26-19(28)14-6-9-18(25-11-14)21(22,23)24/h4-11H,12H2,1-3H3,(H,26,28). The molecule has 3 rings (SSSR count). The molecule has 0 saturated carbocycles. The molecule has 1 N–H and O–H groups in total. The topological polar surface area (TPSA) is 68.0 Å². The van der Waals surface area contributed by atoms with Crippen molar-refractivity contribution in [2.24, 2.45) is 0 Å². The minimum atomic E-state index is -4.55. The first-order chi connectivity index (χ1) is 13.5. The molecule has 0 aliphatic carbocycles. The number of hydrogen-bond donors (Lipinski definition) is 1. The number of aromatic nitrogens is 2. The second kappa shape index (κ2) is 7.69. The molecule has 0 atom stereocenters. The van der Waals surface area contributed by atoms with Gasteiger partial charge in [-0.1, -0.05) is 50.2 Å². The first-order valence-corrected chi connectivity index (χ1v) is 8.92. The summed E-state index contributed by atoms with van der Waals surface area (Å²) in [7, 11) is 0. The summed E-state index contributed by atoms with van der Waals surface area (Å²) in [5.41, 5.74) is 1.73. The number of carbonyl (C=O) groups excluding carboxylic acids is 1. The van der Waals surface area contributed by atoms with E-state index in [1.165, 1.54) is 5.56 Å². The first kappa shape index (κ1) is 20.6. The van der Waals surface area contributed by atoms with Crippen LogP contribution in [0.3, 0.4) is 0 Å². The van der Waals surface area contributed by atoms with Crippen LogP contribution >= 0.6 is 0 Å². The summed E-state index contributed by atoms with van der Waals surface area (Å²) >= 11 is 0. The molecule has 0 spiro atoms. The Balaban J connectivity index is 1.62. The molecular weight excluding hydrogens is 383 g/mol. The van der Waals surface area contributed by atoms with Gasteiger partial charge in [0.2, 0.25) is 0 Å². The van der Waals surface area contributed by atoms with Crippen LogP contribution in [0, 0.1) is 0 Å². The summed E-state index contributed by atoms with van der Waals surface area (Å²) in [4.78, 5) is 15.4. The first-order valence-electron chi connectivity index (χ1n) is 8.92. The molecule has 0 saturated heterocycles. The van der Waals surface area contributed by atoms with E-state index in [0.717, 1.165) is 23.9 Å². The zero-order chi connectivity index (χ0) is 21.2. The van der Waals surface area contributed by atoms with Gasteiger partial charge in [0.15, 0.2) is 5.76 Å². The highest BCUT2D eigenvalue weighted by Gasteiger charge is 2.32. The molecule has 0 bridgehead atoms. The molecule has 0 unspecified atom stereocenters. The Morgan fingerprint density at radius 1 is 1.07 bits per heavy atom. The predicted molar refractivity (Wildman–Crippen MR) is 101 cm³/mol. The van der Waals surface area contributed by atoms with Gasteiger partial charge in [-0.25, -0.2) is 0 Å². The van der Waals surface area contributed by atoms with Gasteiger partial charge in [0.1, 0.15) is 11.4 Å². The fourth-order valence-corrected chi connectivity index (χ4v) is 2.64. The lowest BCUT2D eigenvalue weighted by Gasteiger charge is -2.18. The molecule has 1 aromatic carbocycles. The van der Waals surface area contributed by atoms with Crippen LogP contribution in [0.2, 0.25) is 0 Å². The van der Waals surface area contributed by atoms with Gasteiger partial charge in [-0.2, -0.15) is 13.2 Å². The zero-order valence-corrected chi connectivity index (χ0v) is 16.2. The summed E-state index contributed by atoms with van der Waals surface area (Å²) in [6, 6.07) is 11.5. The maximum atomic E-state index is 12.5. The number of amides is 1. The van der Waals surface area contributed by atoms with Crippen molar-refractivity contribution in [1.29, 1.82) is 0 Å². The fraction of sp³-hybridized carbons (Fsp3) is 0.286. The van der Waals surface area contributed by atoms with Crippen LogP contribution in [0.5, 0.6) is 0 Å². The van der Waals surface area contributed by atoms with Crippen molar-refractivity contribution in [2.75, 3.05) is 0 Å². The molecule has 1 amide bonds. The van der Waals surface area contributed by atoms with E-state index in [-0.39, 0.29) is 17.5 Å². The molecule has 29 heavy (non-hydrogen) atoms. The Morgan fingerprint density at radius 2 is 1.76 bits per heavy atom. The smallest absolute Gasteiger partial charge is 0.359 e. The van der Waals surface area contributed by atoms with E-state index in [0.29, 0.717) is 11.5 Å². The molecule has 0 aliphatic heterocycles. The average molecular weight is 403 g/mol. The lowest BCUT2D eigenvalue weighted by Crippen LogP contribution is -2.23. The monoisotopic (exact) mass is 403 g/mol. The minimum Gasteiger partial charge on any atom is -0.359 e. The predicted octanol–water partition coefficient (Wildman–Crippen LogP) is 4.98. The lowest BCUT2D eigenvalue weighted by molar-refractivity contribution is -0.141. The molecule has 8 heteroatoms. The van der Waals surface area contributed by atoms with Crippen molar-refractivity contribution >= 4 is 5.91 Å². The van der Waals surface area contributed by atoms with E-state index in [4.69, 9.17) is 4.52 Å². The van der Waals surface area contributed by atoms with E-state index < -0.39 is 17.8 Å². The number of carbonyl (C=O) groups is 1. The van der Waals surface area contributed by atoms with Gasteiger partial charge < -0.3 is 9.84 Å². The zero-order valence-electron chi connectivity index (χ0n) is 16.2.